The van der Waals surface area contributed by atoms with Gasteiger partial charge in [-0.2, -0.15) is 5.21 Å². The molecule has 3 aromatic rings. The van der Waals surface area contributed by atoms with Gasteiger partial charge in [0.25, 0.3) is 0 Å². The number of carboxylic acid groups (broad SMARTS) is 1. The first-order chi connectivity index (χ1) is 19.0. The van der Waals surface area contributed by atoms with Crippen molar-refractivity contribution in [2.45, 2.75) is 52.5 Å². The van der Waals surface area contributed by atoms with Crippen LogP contribution in [0.25, 0.3) is 22.5 Å². The van der Waals surface area contributed by atoms with Crippen molar-refractivity contribution in [3.63, 3.8) is 0 Å². The van der Waals surface area contributed by atoms with E-state index in [4.69, 9.17) is 12.4 Å². The number of rotatable bonds is 10. The van der Waals surface area contributed by atoms with Crippen molar-refractivity contribution in [3.05, 3.63) is 54.1 Å². The van der Waals surface area contributed by atoms with E-state index in [1.54, 1.807) is 43.3 Å². The number of benzene rings is 2. The maximum Gasteiger partial charge on any atom is 0.326 e. The zero-order valence-corrected chi connectivity index (χ0v) is 17.4. The van der Waals surface area contributed by atoms with E-state index in [2.05, 4.69) is 15.4 Å². The predicted octanol–water partition coefficient (Wildman–Crippen LogP) is 4.16. The van der Waals surface area contributed by atoms with Crippen LogP contribution in [-0.4, -0.2) is 48.5 Å². The van der Waals surface area contributed by atoms with Crippen LogP contribution in [-0.2, 0) is 16.1 Å². The molecule has 0 saturated heterocycles. The fourth-order valence-electron chi connectivity index (χ4n) is 3.27. The second kappa shape index (κ2) is 10.7. The van der Waals surface area contributed by atoms with Gasteiger partial charge in [0.2, 0.25) is 13.1 Å². The maximum atomic E-state index is 13.3. The average molecular weight is 445 g/mol. The number of amides is 1. The van der Waals surface area contributed by atoms with Crippen LogP contribution in [0.2, 0.25) is 1.41 Å². The Morgan fingerprint density at radius 1 is 1.19 bits per heavy atom. The van der Waals surface area contributed by atoms with Crippen LogP contribution in [0.5, 0.6) is 0 Å². The van der Waals surface area contributed by atoms with Crippen LogP contribution in [0, 0.1) is 5.89 Å². The van der Waals surface area contributed by atoms with Crippen molar-refractivity contribution >= 4 is 11.9 Å². The van der Waals surface area contributed by atoms with E-state index in [1.165, 1.54) is 12.1 Å². The highest BCUT2D eigenvalue weighted by Crippen LogP contribution is 2.30. The average Bonchev–Trinajstić information content (AvgIpc) is 3.34. The van der Waals surface area contributed by atoms with Crippen LogP contribution in [0.1, 0.15) is 56.4 Å². The van der Waals surface area contributed by atoms with Gasteiger partial charge in [-0.25, -0.2) is 4.79 Å². The molecule has 1 aromatic heterocycles. The minimum atomic E-state index is -3.89. The zero-order valence-electron chi connectivity index (χ0n) is 26.4. The largest absolute Gasteiger partial charge is 0.480 e. The number of hydrogen-bond donors (Lipinski definition) is 2. The molecule has 0 bridgehead atoms. The third-order valence-electron chi connectivity index (χ3n) is 4.85. The summed E-state index contributed by atoms with van der Waals surface area (Å²) in [5.74, 6) is -6.89. The Balaban J connectivity index is 2.10. The molecule has 1 unspecified atom stereocenters. The van der Waals surface area contributed by atoms with E-state index < -0.39 is 44.0 Å². The molecule has 0 fully saturated rings. The maximum absolute atomic E-state index is 13.3. The fraction of sp³-hybridized carbons (Fsp3) is 0.375. The number of carboxylic acids is 1. The van der Waals surface area contributed by atoms with Gasteiger partial charge in [-0.3, -0.25) is 4.79 Å². The standard InChI is InChI=1S/C24H29N5O3/c1-4-5-10-21(30)29(22(16(2)3)24(31)32)15-17-11-13-18(14-12-17)19-8-6-7-9-20(19)23-25-27-28-26-23/h6-9,11-14,16,22H,4-5,10,15H2,1-3H3,(H,31,32)(H,25,26,27,28)/i2D3,3D3,16D,22D/hD. The monoisotopic (exact) mass is 444 g/mol. The van der Waals surface area contributed by atoms with E-state index in [0.29, 0.717) is 33.2 Å². The Bertz CT molecular complexity index is 1380. The number of nitrogens with one attached hydrogen (secondary N) is 1. The Hall–Kier alpha value is -3.55. The zero-order chi connectivity index (χ0) is 30.8. The second-order valence-electron chi connectivity index (χ2n) is 7.06. The first-order valence-corrected chi connectivity index (χ1v) is 10.0. The van der Waals surface area contributed by atoms with Crippen LogP contribution >= 0.6 is 0 Å². The van der Waals surface area contributed by atoms with Gasteiger partial charge in [0.05, 0.1) is 1.37 Å². The van der Waals surface area contributed by atoms with Gasteiger partial charge in [-0.05, 0) is 34.2 Å². The molecule has 8 nitrogen and oxygen atoms in total. The molecule has 0 aliphatic carbocycles. The Labute approximate surface area is 200 Å². The van der Waals surface area contributed by atoms with Crippen molar-refractivity contribution < 1.29 is 27.1 Å². The molecule has 0 saturated carbocycles. The van der Waals surface area contributed by atoms with Crippen molar-refractivity contribution in [1.82, 2.24) is 25.5 Å². The summed E-state index contributed by atoms with van der Waals surface area (Å²) in [6, 6.07) is 9.60. The smallest absolute Gasteiger partial charge is 0.326 e. The predicted molar refractivity (Wildman–Crippen MR) is 121 cm³/mol. The summed E-state index contributed by atoms with van der Waals surface area (Å²) in [6.45, 7) is -6.42. The van der Waals surface area contributed by atoms with Crippen LogP contribution in [0.4, 0.5) is 0 Å². The van der Waals surface area contributed by atoms with E-state index in [-0.39, 0.29) is 24.2 Å². The van der Waals surface area contributed by atoms with Gasteiger partial charge in [-0.15, -0.1) is 10.2 Å². The van der Waals surface area contributed by atoms with Crippen LogP contribution in [0.3, 0.4) is 0 Å². The summed E-state index contributed by atoms with van der Waals surface area (Å²) in [4.78, 5) is 26.2. The van der Waals surface area contributed by atoms with Crippen molar-refractivity contribution in [3.8, 4) is 22.5 Å². The molecule has 2 N–H and O–H groups in total. The molecule has 168 valence electrons. The van der Waals surface area contributed by atoms with Crippen LogP contribution in [0.15, 0.2) is 48.5 Å². The van der Waals surface area contributed by atoms with E-state index in [0.717, 1.165) is 0 Å². The SMILES string of the molecule is [2H]n1nnc(-c2ccccc2-c2ccc(CN(C(=O)CCCC)C([2H])(C(=O)O)C([2H])(C([2H])([2H])[2H])C([2H])([2H])[2H])cc2)n1. The molecule has 32 heavy (non-hydrogen) atoms. The van der Waals surface area contributed by atoms with E-state index in [1.807, 2.05) is 0 Å². The lowest BCUT2D eigenvalue weighted by atomic mass is 9.97. The topological polar surface area (TPSA) is 112 Å². The number of unbranched alkanes of at least 4 members (excludes halogenated alkanes) is 1. The second-order valence-corrected chi connectivity index (χ2v) is 7.06. The van der Waals surface area contributed by atoms with Crippen molar-refractivity contribution in [1.29, 1.82) is 0 Å². The summed E-state index contributed by atoms with van der Waals surface area (Å²) in [5, 5.41) is 22.0. The van der Waals surface area contributed by atoms with Gasteiger partial charge in [0.1, 0.15) is 6.02 Å². The Morgan fingerprint density at radius 3 is 2.50 bits per heavy atom. The number of aliphatic carboxylic acids is 1. The highest BCUT2D eigenvalue weighted by molar-refractivity contribution is 5.84. The number of carbonyl (C=O) groups excluding carboxylic acids is 1. The summed E-state index contributed by atoms with van der Waals surface area (Å²) in [6.07, 6.45) is 0.501. The number of tetrazole rings is 1. The summed E-state index contributed by atoms with van der Waals surface area (Å²) in [7, 11) is 0. The third-order valence-corrected chi connectivity index (χ3v) is 4.85. The van der Waals surface area contributed by atoms with Crippen LogP contribution < -0.4 is 0 Å². The highest BCUT2D eigenvalue weighted by Gasteiger charge is 2.32. The molecule has 0 aliphatic heterocycles. The molecule has 1 heterocycles. The number of carbonyl (C=O) groups is 2. The van der Waals surface area contributed by atoms with Gasteiger partial charge >= 0.3 is 5.97 Å². The van der Waals surface area contributed by atoms with E-state index >= 15 is 0 Å². The number of H-pyrrole nitrogens is 1. The molecule has 0 spiro atoms. The molecule has 8 heteroatoms. The Kier molecular flexibility index (Phi) is 4.59. The first kappa shape index (κ1) is 13.8. The number of nitrogens with zero attached hydrogens (tertiary/aromatic N) is 4. The fourth-order valence-corrected chi connectivity index (χ4v) is 3.27. The lowest BCUT2D eigenvalue weighted by molar-refractivity contribution is -0.153. The summed E-state index contributed by atoms with van der Waals surface area (Å²) >= 11 is 0. The molecule has 1 atom stereocenters. The molecule has 0 aliphatic rings. The molecule has 1 amide bonds. The lowest BCUT2D eigenvalue weighted by Gasteiger charge is -2.32. The lowest BCUT2D eigenvalue weighted by Crippen LogP contribution is -2.47. The number of hydrogen-bond acceptors (Lipinski definition) is 5. The van der Waals surface area contributed by atoms with Gasteiger partial charge in [0, 0.05) is 28.1 Å². The molecular formula is C24H29N5O3. The van der Waals surface area contributed by atoms with Crippen molar-refractivity contribution in [2.75, 3.05) is 0 Å². The highest BCUT2D eigenvalue weighted by atomic mass is 16.4. The molecule has 0 radical (unpaired) electrons. The number of aromatic nitrogens is 4. The van der Waals surface area contributed by atoms with Gasteiger partial charge in [-0.1, -0.05) is 75.6 Å². The Morgan fingerprint density at radius 2 is 1.91 bits per heavy atom. The molecule has 3 rings (SSSR count). The third kappa shape index (κ3) is 5.38. The number of aromatic amines is 1. The van der Waals surface area contributed by atoms with Gasteiger partial charge in [0.15, 0.2) is 0 Å². The van der Waals surface area contributed by atoms with Gasteiger partial charge < -0.3 is 10.0 Å². The van der Waals surface area contributed by atoms with Crippen molar-refractivity contribution in [2.24, 2.45) is 5.89 Å². The minimum absolute atomic E-state index is 0.203. The first-order valence-electron chi connectivity index (χ1n) is 14.5. The normalized spacial score (nSPS) is 18.2. The van der Waals surface area contributed by atoms with E-state index in [9.17, 15) is 14.7 Å². The minimum Gasteiger partial charge on any atom is -0.480 e. The summed E-state index contributed by atoms with van der Waals surface area (Å²) in [5.41, 5.74) is 2.14. The quantitative estimate of drug-likeness (QED) is 0.485. The summed E-state index contributed by atoms with van der Waals surface area (Å²) < 4.78 is 71.5. The molecular weight excluding hydrogens is 406 g/mol. The molecule has 2 aromatic carbocycles.